The van der Waals surface area contributed by atoms with E-state index in [1.807, 2.05) is 20.0 Å². The third-order valence-electron chi connectivity index (χ3n) is 3.87. The summed E-state index contributed by atoms with van der Waals surface area (Å²) in [4.78, 5) is 0. The first kappa shape index (κ1) is 14.2. The van der Waals surface area contributed by atoms with Crippen molar-refractivity contribution in [1.82, 2.24) is 5.32 Å². The van der Waals surface area contributed by atoms with E-state index in [2.05, 4.69) is 26.1 Å². The molecule has 0 aliphatic rings. The minimum atomic E-state index is -0.147. The molecule has 1 rings (SSSR count). The summed E-state index contributed by atoms with van der Waals surface area (Å²) in [5, 5.41) is 3.27. The summed E-state index contributed by atoms with van der Waals surface area (Å²) in [6.45, 7) is 9.74. The average Bonchev–Trinajstić information content (AvgIpc) is 2.22. The maximum absolute atomic E-state index is 13.1. The van der Waals surface area contributed by atoms with E-state index in [0.717, 1.165) is 18.5 Å². The molecule has 0 aromatic heterocycles. The molecule has 1 unspecified atom stereocenters. The zero-order valence-corrected chi connectivity index (χ0v) is 11.6. The zero-order chi connectivity index (χ0) is 13.1. The third kappa shape index (κ3) is 3.53. The molecule has 96 valence electrons. The van der Waals surface area contributed by atoms with E-state index in [1.54, 1.807) is 12.1 Å². The highest BCUT2D eigenvalue weighted by molar-refractivity contribution is 5.27. The van der Waals surface area contributed by atoms with Crippen LogP contribution in [0.5, 0.6) is 0 Å². The molecule has 0 spiro atoms. The minimum Gasteiger partial charge on any atom is -0.319 e. The maximum atomic E-state index is 13.1. The van der Waals surface area contributed by atoms with Crippen molar-refractivity contribution in [1.29, 1.82) is 0 Å². The Morgan fingerprint density at radius 3 is 2.47 bits per heavy atom. The highest BCUT2D eigenvalue weighted by atomic mass is 19.1. The van der Waals surface area contributed by atoms with Gasteiger partial charge in [-0.15, -0.1) is 0 Å². The van der Waals surface area contributed by atoms with E-state index in [4.69, 9.17) is 0 Å². The summed E-state index contributed by atoms with van der Waals surface area (Å²) < 4.78 is 13.1. The number of nitrogens with one attached hydrogen (secondary N) is 1. The molecule has 0 bridgehead atoms. The number of hydrogen-bond donors (Lipinski definition) is 1. The lowest BCUT2D eigenvalue weighted by molar-refractivity contribution is 0.212. The molecule has 1 nitrogen and oxygen atoms in total. The van der Waals surface area contributed by atoms with Crippen LogP contribution in [-0.2, 0) is 6.42 Å². The second-order valence-corrected chi connectivity index (χ2v) is 5.59. The largest absolute Gasteiger partial charge is 0.319 e. The van der Waals surface area contributed by atoms with Crippen molar-refractivity contribution >= 4 is 0 Å². The minimum absolute atomic E-state index is 0.147. The van der Waals surface area contributed by atoms with Crippen LogP contribution in [-0.4, -0.2) is 13.6 Å². The Bertz CT molecular complexity index is 373. The summed E-state index contributed by atoms with van der Waals surface area (Å²) in [7, 11) is 1.98. The van der Waals surface area contributed by atoms with Crippen LogP contribution in [0.15, 0.2) is 18.2 Å². The van der Waals surface area contributed by atoms with Gasteiger partial charge in [-0.05, 0) is 55.0 Å². The topological polar surface area (TPSA) is 12.0 Å². The number of aryl methyl sites for hydroxylation is 1. The van der Waals surface area contributed by atoms with Gasteiger partial charge in [0.2, 0.25) is 0 Å². The summed E-state index contributed by atoms with van der Waals surface area (Å²) in [6, 6.07) is 5.10. The highest BCUT2D eigenvalue weighted by Gasteiger charge is 2.28. The monoisotopic (exact) mass is 237 g/mol. The molecule has 2 heteroatoms. The van der Waals surface area contributed by atoms with Crippen LogP contribution in [0.3, 0.4) is 0 Å². The maximum Gasteiger partial charge on any atom is 0.123 e. The molecule has 0 heterocycles. The molecule has 0 fully saturated rings. The predicted molar refractivity (Wildman–Crippen MR) is 71.7 cm³/mol. The predicted octanol–water partition coefficient (Wildman–Crippen LogP) is 3.56. The average molecular weight is 237 g/mol. The smallest absolute Gasteiger partial charge is 0.123 e. The van der Waals surface area contributed by atoms with E-state index < -0.39 is 0 Å². The van der Waals surface area contributed by atoms with Gasteiger partial charge < -0.3 is 5.32 Å². The van der Waals surface area contributed by atoms with Crippen LogP contribution >= 0.6 is 0 Å². The van der Waals surface area contributed by atoms with Crippen molar-refractivity contribution < 1.29 is 4.39 Å². The second-order valence-electron chi connectivity index (χ2n) is 5.59. The van der Waals surface area contributed by atoms with Crippen molar-refractivity contribution in [3.63, 3.8) is 0 Å². The number of hydrogen-bond acceptors (Lipinski definition) is 1. The number of benzene rings is 1. The molecular weight excluding hydrogens is 213 g/mol. The fraction of sp³-hybridized carbons (Fsp3) is 0.600. The molecule has 1 N–H and O–H groups in total. The van der Waals surface area contributed by atoms with E-state index in [-0.39, 0.29) is 11.2 Å². The Morgan fingerprint density at radius 1 is 1.35 bits per heavy atom. The molecule has 1 aromatic carbocycles. The van der Waals surface area contributed by atoms with Crippen LogP contribution in [0.4, 0.5) is 4.39 Å². The first-order valence-electron chi connectivity index (χ1n) is 6.28. The Kier molecular flexibility index (Phi) is 4.70. The molecule has 0 saturated carbocycles. The molecule has 0 saturated heterocycles. The summed E-state index contributed by atoms with van der Waals surface area (Å²) >= 11 is 0. The van der Waals surface area contributed by atoms with Crippen molar-refractivity contribution in [2.24, 2.45) is 11.3 Å². The van der Waals surface area contributed by atoms with E-state index in [1.165, 1.54) is 5.56 Å². The summed E-state index contributed by atoms with van der Waals surface area (Å²) in [6.07, 6.45) is 0.984. The fourth-order valence-corrected chi connectivity index (χ4v) is 2.17. The normalized spacial score (nSPS) is 15.0. The second kappa shape index (κ2) is 5.63. The SMILES string of the molecule is CNCC(C)(Cc1ccc(F)cc1C)C(C)C. The zero-order valence-electron chi connectivity index (χ0n) is 11.6. The fourth-order valence-electron chi connectivity index (χ4n) is 2.17. The Hall–Kier alpha value is -0.890. The lowest BCUT2D eigenvalue weighted by Gasteiger charge is -2.34. The molecule has 0 amide bonds. The van der Waals surface area contributed by atoms with Crippen molar-refractivity contribution in [3.05, 3.63) is 35.1 Å². The van der Waals surface area contributed by atoms with Gasteiger partial charge in [0.05, 0.1) is 0 Å². The quantitative estimate of drug-likeness (QED) is 0.825. The molecule has 1 atom stereocenters. The van der Waals surface area contributed by atoms with Gasteiger partial charge in [-0.2, -0.15) is 0 Å². The van der Waals surface area contributed by atoms with Gasteiger partial charge in [-0.1, -0.05) is 26.8 Å². The Morgan fingerprint density at radius 2 is 2.00 bits per heavy atom. The van der Waals surface area contributed by atoms with E-state index in [9.17, 15) is 4.39 Å². The van der Waals surface area contributed by atoms with Crippen molar-refractivity contribution in [3.8, 4) is 0 Å². The number of rotatable bonds is 5. The molecule has 0 aliphatic heterocycles. The van der Waals surface area contributed by atoms with Crippen LogP contribution in [0, 0.1) is 24.1 Å². The first-order valence-corrected chi connectivity index (χ1v) is 6.28. The Balaban J connectivity index is 2.93. The molecular formula is C15H24FN. The lowest BCUT2D eigenvalue weighted by Crippen LogP contribution is -2.36. The van der Waals surface area contributed by atoms with E-state index >= 15 is 0 Å². The van der Waals surface area contributed by atoms with Crippen LogP contribution < -0.4 is 5.32 Å². The first-order chi connectivity index (χ1) is 7.89. The van der Waals surface area contributed by atoms with Gasteiger partial charge >= 0.3 is 0 Å². The summed E-state index contributed by atoms with van der Waals surface area (Å²) in [5.41, 5.74) is 2.50. The van der Waals surface area contributed by atoms with Gasteiger partial charge in [0.1, 0.15) is 5.82 Å². The van der Waals surface area contributed by atoms with Crippen molar-refractivity contribution in [2.45, 2.75) is 34.1 Å². The lowest BCUT2D eigenvalue weighted by atomic mass is 9.73. The standard InChI is InChI=1S/C15H24FN/c1-11(2)15(4,10-17-5)9-13-6-7-14(16)8-12(13)3/h6-8,11,17H,9-10H2,1-5H3. The van der Waals surface area contributed by atoms with Gasteiger partial charge in [0.15, 0.2) is 0 Å². The molecule has 0 radical (unpaired) electrons. The molecule has 1 aromatic rings. The third-order valence-corrected chi connectivity index (χ3v) is 3.87. The van der Waals surface area contributed by atoms with Gasteiger partial charge in [-0.3, -0.25) is 0 Å². The highest BCUT2D eigenvalue weighted by Crippen LogP contribution is 2.31. The van der Waals surface area contributed by atoms with Gasteiger partial charge in [-0.25, -0.2) is 4.39 Å². The summed E-state index contributed by atoms with van der Waals surface area (Å²) in [5.74, 6) is 0.436. The van der Waals surface area contributed by atoms with E-state index in [0.29, 0.717) is 5.92 Å². The molecule has 17 heavy (non-hydrogen) atoms. The van der Waals surface area contributed by atoms with Crippen LogP contribution in [0.2, 0.25) is 0 Å². The van der Waals surface area contributed by atoms with Gasteiger partial charge in [0, 0.05) is 6.54 Å². The van der Waals surface area contributed by atoms with Crippen LogP contribution in [0.1, 0.15) is 31.9 Å². The van der Waals surface area contributed by atoms with Gasteiger partial charge in [0.25, 0.3) is 0 Å². The van der Waals surface area contributed by atoms with Crippen LogP contribution in [0.25, 0.3) is 0 Å². The van der Waals surface area contributed by atoms with Crippen molar-refractivity contribution in [2.75, 3.05) is 13.6 Å². The molecule has 0 aliphatic carbocycles. The number of halogens is 1. The Labute approximate surface area is 104 Å².